The summed E-state index contributed by atoms with van der Waals surface area (Å²) < 4.78 is 1.11. The Morgan fingerprint density at radius 3 is 2.72 bits per heavy atom. The molecule has 0 amide bonds. The number of anilines is 2. The molecule has 1 aliphatic rings. The lowest BCUT2D eigenvalue weighted by Crippen LogP contribution is -2.32. The van der Waals surface area contributed by atoms with E-state index in [2.05, 4.69) is 69.2 Å². The van der Waals surface area contributed by atoms with Crippen LogP contribution in [0.3, 0.4) is 0 Å². The fourth-order valence-electron chi connectivity index (χ4n) is 2.96. The van der Waals surface area contributed by atoms with Gasteiger partial charge in [-0.15, -0.1) is 0 Å². The number of hydrogen-bond donors (Lipinski definition) is 2. The van der Waals surface area contributed by atoms with Crippen LogP contribution in [-0.4, -0.2) is 34.3 Å². The highest BCUT2D eigenvalue weighted by Gasteiger charge is 2.20. The van der Waals surface area contributed by atoms with Crippen LogP contribution in [0.15, 0.2) is 28.7 Å². The number of nitrogens with zero attached hydrogens (tertiary/aromatic N) is 3. The first-order chi connectivity index (χ1) is 12.0. The quantitative estimate of drug-likeness (QED) is 0.794. The summed E-state index contributed by atoms with van der Waals surface area (Å²) in [7, 11) is 0. The molecule has 0 radical (unpaired) electrons. The third-order valence-corrected chi connectivity index (χ3v) is 4.97. The zero-order valence-electron chi connectivity index (χ0n) is 15.0. The van der Waals surface area contributed by atoms with Crippen molar-refractivity contribution < 1.29 is 5.11 Å². The van der Waals surface area contributed by atoms with E-state index in [9.17, 15) is 5.11 Å². The van der Waals surface area contributed by atoms with Gasteiger partial charge < -0.3 is 15.3 Å². The van der Waals surface area contributed by atoms with Gasteiger partial charge in [-0.3, -0.25) is 0 Å². The van der Waals surface area contributed by atoms with Gasteiger partial charge in [-0.05, 0) is 42.5 Å². The first-order valence-corrected chi connectivity index (χ1v) is 9.54. The molecular formula is C19H25BrN4O. The minimum absolute atomic E-state index is 0.0513. The molecule has 0 spiro atoms. The van der Waals surface area contributed by atoms with Crippen LogP contribution in [0.4, 0.5) is 11.8 Å². The summed E-state index contributed by atoms with van der Waals surface area (Å²) in [6.07, 6.45) is 1.01. The second kappa shape index (κ2) is 7.70. The molecule has 0 unspecified atom stereocenters. The summed E-state index contributed by atoms with van der Waals surface area (Å²) in [6, 6.07) is 8.51. The molecular weight excluding hydrogens is 380 g/mol. The Morgan fingerprint density at radius 1 is 1.20 bits per heavy atom. The number of aliphatic hydroxyl groups excluding tert-OH is 1. The summed E-state index contributed by atoms with van der Waals surface area (Å²) in [5.74, 6) is 1.85. The van der Waals surface area contributed by atoms with Crippen LogP contribution in [0.5, 0.6) is 0 Å². The average molecular weight is 405 g/mol. The molecule has 1 aliphatic heterocycles. The van der Waals surface area contributed by atoms with Crippen molar-refractivity contribution in [2.24, 2.45) is 0 Å². The minimum Gasteiger partial charge on any atom is -0.394 e. The Kier molecular flexibility index (Phi) is 5.59. The number of aromatic nitrogens is 2. The summed E-state index contributed by atoms with van der Waals surface area (Å²) >= 11 is 3.57. The lowest BCUT2D eigenvalue weighted by Gasteiger charge is -2.30. The second-order valence-electron chi connectivity index (χ2n) is 6.94. The van der Waals surface area contributed by atoms with Crippen LogP contribution in [0.1, 0.15) is 43.5 Å². The third kappa shape index (κ3) is 4.30. The van der Waals surface area contributed by atoms with Gasteiger partial charge in [0.1, 0.15) is 5.82 Å². The molecule has 0 bridgehead atoms. The van der Waals surface area contributed by atoms with E-state index in [0.29, 0.717) is 11.9 Å². The SMILES string of the molecule is CC(C)c1cc(N2CCc3ccc(Br)cc3C2)nc(N[C@H](C)CO)n1. The highest BCUT2D eigenvalue weighted by Crippen LogP contribution is 2.28. The molecule has 134 valence electrons. The average Bonchev–Trinajstić information content (AvgIpc) is 2.60. The lowest BCUT2D eigenvalue weighted by molar-refractivity contribution is 0.281. The van der Waals surface area contributed by atoms with Crippen molar-refractivity contribution in [2.75, 3.05) is 23.4 Å². The lowest BCUT2D eigenvalue weighted by atomic mass is 10.00. The molecule has 1 aromatic carbocycles. The van der Waals surface area contributed by atoms with Crippen LogP contribution in [0, 0.1) is 0 Å². The molecule has 2 aromatic rings. The van der Waals surface area contributed by atoms with Gasteiger partial charge in [0.05, 0.1) is 12.3 Å². The number of halogens is 1. The molecule has 2 N–H and O–H groups in total. The van der Waals surface area contributed by atoms with Gasteiger partial charge >= 0.3 is 0 Å². The van der Waals surface area contributed by atoms with Crippen molar-refractivity contribution in [1.29, 1.82) is 0 Å². The maximum Gasteiger partial charge on any atom is 0.225 e. The predicted molar refractivity (Wildman–Crippen MR) is 105 cm³/mol. The normalized spacial score (nSPS) is 15.2. The first-order valence-electron chi connectivity index (χ1n) is 8.75. The molecule has 0 saturated heterocycles. The Hall–Kier alpha value is -1.66. The zero-order chi connectivity index (χ0) is 18.0. The number of aliphatic hydroxyl groups is 1. The summed E-state index contributed by atoms with van der Waals surface area (Å²) in [6.45, 7) is 8.02. The Morgan fingerprint density at radius 2 is 2.00 bits per heavy atom. The van der Waals surface area contributed by atoms with Gasteiger partial charge in [0.2, 0.25) is 5.95 Å². The van der Waals surface area contributed by atoms with Crippen LogP contribution >= 0.6 is 15.9 Å². The van der Waals surface area contributed by atoms with Crippen molar-refractivity contribution >= 4 is 27.7 Å². The topological polar surface area (TPSA) is 61.3 Å². The van der Waals surface area contributed by atoms with E-state index in [1.807, 2.05) is 6.92 Å². The molecule has 6 heteroatoms. The fourth-order valence-corrected chi connectivity index (χ4v) is 3.37. The highest BCUT2D eigenvalue weighted by molar-refractivity contribution is 9.10. The minimum atomic E-state index is -0.0756. The van der Waals surface area contributed by atoms with E-state index in [1.165, 1.54) is 11.1 Å². The third-order valence-electron chi connectivity index (χ3n) is 4.48. The number of fused-ring (bicyclic) bond motifs is 1. The van der Waals surface area contributed by atoms with Crippen molar-refractivity contribution in [3.05, 3.63) is 45.6 Å². The van der Waals surface area contributed by atoms with Crippen LogP contribution in [0.2, 0.25) is 0 Å². The summed E-state index contributed by atoms with van der Waals surface area (Å²) in [5, 5.41) is 12.5. The van der Waals surface area contributed by atoms with Crippen molar-refractivity contribution in [3.8, 4) is 0 Å². The smallest absolute Gasteiger partial charge is 0.225 e. The summed E-state index contributed by atoms with van der Waals surface area (Å²) in [4.78, 5) is 11.6. The largest absolute Gasteiger partial charge is 0.394 e. The Labute approximate surface area is 157 Å². The van der Waals surface area contributed by atoms with Crippen molar-refractivity contribution in [1.82, 2.24) is 9.97 Å². The van der Waals surface area contributed by atoms with E-state index in [4.69, 9.17) is 4.98 Å². The number of nitrogens with one attached hydrogen (secondary N) is 1. The molecule has 25 heavy (non-hydrogen) atoms. The number of benzene rings is 1. The van der Waals surface area contributed by atoms with Crippen LogP contribution < -0.4 is 10.2 Å². The van der Waals surface area contributed by atoms with Crippen molar-refractivity contribution in [2.45, 2.75) is 45.7 Å². The van der Waals surface area contributed by atoms with Gasteiger partial charge in [0, 0.05) is 29.7 Å². The van der Waals surface area contributed by atoms with E-state index in [0.717, 1.165) is 35.5 Å². The van der Waals surface area contributed by atoms with E-state index < -0.39 is 0 Å². The van der Waals surface area contributed by atoms with Gasteiger partial charge in [0.15, 0.2) is 0 Å². The van der Waals surface area contributed by atoms with E-state index in [1.54, 1.807) is 0 Å². The Bertz CT molecular complexity index is 750. The molecule has 5 nitrogen and oxygen atoms in total. The molecule has 2 heterocycles. The molecule has 0 aliphatic carbocycles. The first kappa shape index (κ1) is 18.1. The molecule has 1 aromatic heterocycles. The Balaban J connectivity index is 1.90. The van der Waals surface area contributed by atoms with Gasteiger partial charge in [-0.2, -0.15) is 4.98 Å². The van der Waals surface area contributed by atoms with Crippen LogP contribution in [-0.2, 0) is 13.0 Å². The summed E-state index contributed by atoms with van der Waals surface area (Å²) in [5.41, 5.74) is 3.76. The molecule has 1 atom stereocenters. The van der Waals surface area contributed by atoms with Gasteiger partial charge in [-0.25, -0.2) is 4.98 Å². The molecule has 3 rings (SSSR count). The van der Waals surface area contributed by atoms with Gasteiger partial charge in [0.25, 0.3) is 0 Å². The highest BCUT2D eigenvalue weighted by atomic mass is 79.9. The fraction of sp³-hybridized carbons (Fsp3) is 0.474. The molecule has 0 saturated carbocycles. The second-order valence-corrected chi connectivity index (χ2v) is 7.86. The van der Waals surface area contributed by atoms with E-state index in [-0.39, 0.29) is 12.6 Å². The number of rotatable bonds is 5. The molecule has 0 fully saturated rings. The number of hydrogen-bond acceptors (Lipinski definition) is 5. The maximum atomic E-state index is 9.29. The maximum absolute atomic E-state index is 9.29. The van der Waals surface area contributed by atoms with Gasteiger partial charge in [-0.1, -0.05) is 35.8 Å². The standard InChI is InChI=1S/C19H25BrN4O/c1-12(2)17-9-18(23-19(22-17)21-13(3)11-25)24-7-6-14-4-5-16(20)8-15(14)10-24/h4-5,8-9,12-13,25H,6-7,10-11H2,1-3H3,(H,21,22,23)/t13-/m1/s1. The van der Waals surface area contributed by atoms with E-state index >= 15 is 0 Å². The zero-order valence-corrected chi connectivity index (χ0v) is 16.5. The van der Waals surface area contributed by atoms with Crippen LogP contribution in [0.25, 0.3) is 0 Å². The monoisotopic (exact) mass is 404 g/mol. The van der Waals surface area contributed by atoms with Crippen molar-refractivity contribution in [3.63, 3.8) is 0 Å². The predicted octanol–water partition coefficient (Wildman–Crippen LogP) is 3.72.